The van der Waals surface area contributed by atoms with E-state index in [0.29, 0.717) is 30.1 Å². The van der Waals surface area contributed by atoms with Gasteiger partial charge in [0.2, 0.25) is 5.91 Å². The smallest absolute Gasteiger partial charge is 0.224 e. The Labute approximate surface area is 126 Å². The van der Waals surface area contributed by atoms with Crippen molar-refractivity contribution in [3.8, 4) is 0 Å². The first kappa shape index (κ1) is 17.5. The van der Waals surface area contributed by atoms with Crippen LogP contribution in [-0.2, 0) is 14.6 Å². The van der Waals surface area contributed by atoms with Crippen molar-refractivity contribution in [2.75, 3.05) is 22.6 Å². The number of benzene rings is 1. The SMILES string of the molecule is CC(C)CCS(=O)(=O)CCCC(=O)Nc1ccc(N)cc1. The third kappa shape index (κ3) is 7.70. The van der Waals surface area contributed by atoms with E-state index < -0.39 is 9.84 Å². The van der Waals surface area contributed by atoms with Crippen LogP contribution in [-0.4, -0.2) is 25.8 Å². The summed E-state index contributed by atoms with van der Waals surface area (Å²) in [5.74, 6) is 0.450. The molecule has 1 aromatic carbocycles. The third-order valence-electron chi connectivity index (χ3n) is 3.06. The van der Waals surface area contributed by atoms with E-state index in [4.69, 9.17) is 5.73 Å². The van der Waals surface area contributed by atoms with Gasteiger partial charge in [-0.1, -0.05) is 13.8 Å². The van der Waals surface area contributed by atoms with Gasteiger partial charge in [-0.2, -0.15) is 0 Å². The van der Waals surface area contributed by atoms with Crippen molar-refractivity contribution < 1.29 is 13.2 Å². The van der Waals surface area contributed by atoms with E-state index in [1.54, 1.807) is 24.3 Å². The second kappa shape index (κ2) is 8.02. The largest absolute Gasteiger partial charge is 0.399 e. The topological polar surface area (TPSA) is 89.3 Å². The summed E-state index contributed by atoms with van der Waals surface area (Å²) in [5, 5.41) is 2.72. The van der Waals surface area contributed by atoms with Crippen LogP contribution in [0.4, 0.5) is 11.4 Å². The summed E-state index contributed by atoms with van der Waals surface area (Å²) in [7, 11) is -3.05. The molecule has 5 nitrogen and oxygen atoms in total. The van der Waals surface area contributed by atoms with Gasteiger partial charge in [0.25, 0.3) is 0 Å². The molecule has 0 atom stereocenters. The van der Waals surface area contributed by atoms with Crippen LogP contribution in [0.15, 0.2) is 24.3 Å². The van der Waals surface area contributed by atoms with Gasteiger partial charge in [0.15, 0.2) is 0 Å². The molecule has 0 aromatic heterocycles. The predicted molar refractivity (Wildman–Crippen MR) is 86.8 cm³/mol. The van der Waals surface area contributed by atoms with Crippen molar-refractivity contribution in [2.24, 2.45) is 5.92 Å². The molecule has 1 rings (SSSR count). The molecule has 0 saturated heterocycles. The number of sulfone groups is 1. The van der Waals surface area contributed by atoms with Crippen molar-refractivity contribution in [1.82, 2.24) is 0 Å². The van der Waals surface area contributed by atoms with Crippen molar-refractivity contribution in [3.05, 3.63) is 24.3 Å². The van der Waals surface area contributed by atoms with E-state index in [0.717, 1.165) is 0 Å². The number of carbonyl (C=O) groups is 1. The highest BCUT2D eigenvalue weighted by atomic mass is 32.2. The maximum Gasteiger partial charge on any atom is 0.224 e. The van der Waals surface area contributed by atoms with Crippen molar-refractivity contribution in [2.45, 2.75) is 33.1 Å². The Kier molecular flexibility index (Phi) is 6.68. The second-order valence-corrected chi connectivity index (χ2v) is 7.91. The molecule has 21 heavy (non-hydrogen) atoms. The maximum absolute atomic E-state index is 11.8. The quantitative estimate of drug-likeness (QED) is 0.722. The zero-order valence-electron chi connectivity index (χ0n) is 12.6. The highest BCUT2D eigenvalue weighted by Gasteiger charge is 2.12. The van der Waals surface area contributed by atoms with E-state index in [9.17, 15) is 13.2 Å². The molecule has 0 radical (unpaired) electrons. The number of nitrogen functional groups attached to an aromatic ring is 1. The minimum atomic E-state index is -3.05. The van der Waals surface area contributed by atoms with Crippen LogP contribution >= 0.6 is 0 Å². The summed E-state index contributed by atoms with van der Waals surface area (Å²) in [6, 6.07) is 6.83. The Balaban J connectivity index is 2.31. The number of hydrogen-bond donors (Lipinski definition) is 2. The lowest BCUT2D eigenvalue weighted by molar-refractivity contribution is -0.116. The average Bonchev–Trinajstić information content (AvgIpc) is 2.39. The average molecular weight is 312 g/mol. The van der Waals surface area contributed by atoms with Gasteiger partial charge < -0.3 is 11.1 Å². The molecule has 0 unspecified atom stereocenters. The van der Waals surface area contributed by atoms with Crippen LogP contribution in [0.3, 0.4) is 0 Å². The summed E-state index contributed by atoms with van der Waals surface area (Å²) in [5.41, 5.74) is 6.85. The van der Waals surface area contributed by atoms with Crippen LogP contribution in [0.1, 0.15) is 33.1 Å². The summed E-state index contributed by atoms with van der Waals surface area (Å²) in [6.45, 7) is 3.99. The number of hydrogen-bond acceptors (Lipinski definition) is 4. The van der Waals surface area contributed by atoms with Gasteiger partial charge >= 0.3 is 0 Å². The number of carbonyl (C=O) groups excluding carboxylic acids is 1. The van der Waals surface area contributed by atoms with E-state index in [2.05, 4.69) is 5.32 Å². The molecule has 6 heteroatoms. The van der Waals surface area contributed by atoms with Gasteiger partial charge in [-0.15, -0.1) is 0 Å². The summed E-state index contributed by atoms with van der Waals surface area (Å²) in [4.78, 5) is 11.7. The molecular formula is C15H24N2O3S. The van der Waals surface area contributed by atoms with Crippen LogP contribution in [0.5, 0.6) is 0 Å². The Morgan fingerprint density at radius 3 is 2.38 bits per heavy atom. The lowest BCUT2D eigenvalue weighted by atomic mass is 10.2. The van der Waals surface area contributed by atoms with E-state index >= 15 is 0 Å². The minimum absolute atomic E-state index is 0.0644. The normalized spacial score (nSPS) is 11.6. The fourth-order valence-corrected chi connectivity index (χ4v) is 3.38. The monoisotopic (exact) mass is 312 g/mol. The molecule has 0 spiro atoms. The first-order valence-corrected chi connectivity index (χ1v) is 8.96. The van der Waals surface area contributed by atoms with Gasteiger partial charge in [-0.25, -0.2) is 8.42 Å². The van der Waals surface area contributed by atoms with E-state index in [1.807, 2.05) is 13.8 Å². The number of rotatable bonds is 8. The van der Waals surface area contributed by atoms with E-state index in [1.165, 1.54) is 0 Å². The zero-order chi connectivity index (χ0) is 15.9. The number of nitrogens with two attached hydrogens (primary N) is 1. The van der Waals surface area contributed by atoms with Crippen LogP contribution < -0.4 is 11.1 Å². The highest BCUT2D eigenvalue weighted by molar-refractivity contribution is 7.91. The number of amides is 1. The molecule has 0 aliphatic carbocycles. The molecule has 0 heterocycles. The summed E-state index contributed by atoms with van der Waals surface area (Å²) in [6.07, 6.45) is 1.21. The zero-order valence-corrected chi connectivity index (χ0v) is 13.4. The van der Waals surface area contributed by atoms with Gasteiger partial charge in [0.05, 0.1) is 11.5 Å². The Bertz CT molecular complexity index is 551. The maximum atomic E-state index is 11.8. The number of anilines is 2. The molecule has 1 aromatic rings. The van der Waals surface area contributed by atoms with Crippen LogP contribution in [0.25, 0.3) is 0 Å². The van der Waals surface area contributed by atoms with E-state index in [-0.39, 0.29) is 23.8 Å². The first-order valence-electron chi connectivity index (χ1n) is 7.14. The van der Waals surface area contributed by atoms with Crippen molar-refractivity contribution in [1.29, 1.82) is 0 Å². The molecule has 0 saturated carbocycles. The molecule has 118 valence electrons. The highest BCUT2D eigenvalue weighted by Crippen LogP contribution is 2.11. The Morgan fingerprint density at radius 1 is 1.19 bits per heavy atom. The van der Waals surface area contributed by atoms with Crippen molar-refractivity contribution in [3.63, 3.8) is 0 Å². The lowest BCUT2D eigenvalue weighted by Crippen LogP contribution is -2.16. The fourth-order valence-electron chi connectivity index (χ4n) is 1.76. The van der Waals surface area contributed by atoms with Gasteiger partial charge in [0, 0.05) is 17.8 Å². The second-order valence-electron chi connectivity index (χ2n) is 5.61. The molecule has 3 N–H and O–H groups in total. The van der Waals surface area contributed by atoms with Gasteiger partial charge in [0.1, 0.15) is 9.84 Å². The van der Waals surface area contributed by atoms with Crippen LogP contribution in [0, 0.1) is 5.92 Å². The Hall–Kier alpha value is -1.56. The third-order valence-corrected chi connectivity index (χ3v) is 4.83. The molecular weight excluding hydrogens is 288 g/mol. The van der Waals surface area contributed by atoms with Crippen LogP contribution in [0.2, 0.25) is 0 Å². The Morgan fingerprint density at radius 2 is 1.81 bits per heavy atom. The molecule has 0 aliphatic rings. The first-order chi connectivity index (χ1) is 9.78. The number of nitrogens with one attached hydrogen (secondary N) is 1. The summed E-state index contributed by atoms with van der Waals surface area (Å²) < 4.78 is 23.5. The minimum Gasteiger partial charge on any atom is -0.399 e. The van der Waals surface area contributed by atoms with Gasteiger partial charge in [-0.05, 0) is 43.0 Å². The standard InChI is InChI=1S/C15H24N2O3S/c1-12(2)9-11-21(19,20)10-3-4-15(18)17-14-7-5-13(16)6-8-14/h5-8,12H,3-4,9-11,16H2,1-2H3,(H,17,18). The predicted octanol–water partition coefficient (Wildman–Crippen LogP) is 2.45. The summed E-state index contributed by atoms with van der Waals surface area (Å²) >= 11 is 0. The molecule has 0 aliphatic heterocycles. The molecule has 1 amide bonds. The van der Waals surface area contributed by atoms with Crippen molar-refractivity contribution >= 4 is 27.1 Å². The molecule has 0 bridgehead atoms. The lowest BCUT2D eigenvalue weighted by Gasteiger charge is -2.07. The molecule has 0 fully saturated rings. The van der Waals surface area contributed by atoms with Gasteiger partial charge in [-0.3, -0.25) is 4.79 Å². The fraction of sp³-hybridized carbons (Fsp3) is 0.533.